The van der Waals surface area contributed by atoms with Crippen LogP contribution >= 0.6 is 0 Å². The van der Waals surface area contributed by atoms with Gasteiger partial charge in [0.1, 0.15) is 0 Å². The van der Waals surface area contributed by atoms with Crippen LogP contribution in [0.15, 0.2) is 34.3 Å². The number of hydrogen-bond acceptors (Lipinski definition) is 3. The lowest BCUT2D eigenvalue weighted by Crippen LogP contribution is -2.19. The second-order valence-corrected chi connectivity index (χ2v) is 9.20. The third-order valence-electron chi connectivity index (χ3n) is 4.83. The molecular weight excluding hydrogens is 356 g/mol. The van der Waals surface area contributed by atoms with Gasteiger partial charge in [0.25, 0.3) is 10.0 Å². The highest BCUT2D eigenvalue weighted by Crippen LogP contribution is 2.13. The third-order valence-corrected chi connectivity index (χ3v) is 6.05. The minimum atomic E-state index is -3.56. The fourth-order valence-electron chi connectivity index (χ4n) is 3.01. The van der Waals surface area contributed by atoms with E-state index in [2.05, 4.69) is 16.9 Å². The van der Waals surface area contributed by atoms with Gasteiger partial charge in [-0.25, -0.2) is 4.83 Å². The normalized spacial score (nSPS) is 12.3. The highest BCUT2D eigenvalue weighted by Gasteiger charge is 2.12. The fraction of sp³-hybridized carbons (Fsp3) is 0.682. The van der Waals surface area contributed by atoms with Crippen LogP contribution in [0.25, 0.3) is 0 Å². The summed E-state index contributed by atoms with van der Waals surface area (Å²) >= 11 is 0. The van der Waals surface area contributed by atoms with Crippen LogP contribution in [0.1, 0.15) is 96.5 Å². The van der Waals surface area contributed by atoms with Crippen molar-refractivity contribution in [3.05, 3.63) is 29.8 Å². The molecule has 0 radical (unpaired) electrons. The monoisotopic (exact) mass is 394 g/mol. The molecule has 4 nitrogen and oxygen atoms in total. The molecule has 27 heavy (non-hydrogen) atoms. The smallest absolute Gasteiger partial charge is 0.200 e. The summed E-state index contributed by atoms with van der Waals surface area (Å²) in [6, 6.07) is 6.78. The van der Waals surface area contributed by atoms with Crippen LogP contribution in [0.5, 0.6) is 0 Å². The Hall–Kier alpha value is -1.36. The summed E-state index contributed by atoms with van der Waals surface area (Å²) < 4.78 is 24.4. The van der Waals surface area contributed by atoms with Crippen LogP contribution in [0, 0.1) is 6.92 Å². The maximum Gasteiger partial charge on any atom is 0.276 e. The Kier molecular flexibility index (Phi) is 12.1. The molecule has 0 unspecified atom stereocenters. The van der Waals surface area contributed by atoms with E-state index in [1.54, 1.807) is 24.3 Å². The molecule has 0 aliphatic rings. The van der Waals surface area contributed by atoms with Crippen LogP contribution in [-0.2, 0) is 10.0 Å². The summed E-state index contributed by atoms with van der Waals surface area (Å²) in [4.78, 5) is 2.59. The van der Waals surface area contributed by atoms with Gasteiger partial charge in [0, 0.05) is 5.71 Å². The molecule has 5 heteroatoms. The molecule has 0 aliphatic heterocycles. The zero-order chi connectivity index (χ0) is 20.0. The first-order valence-corrected chi connectivity index (χ1v) is 12.1. The molecule has 0 aromatic heterocycles. The molecule has 1 rings (SSSR count). The second-order valence-electron chi connectivity index (χ2n) is 7.54. The van der Waals surface area contributed by atoms with Crippen molar-refractivity contribution in [1.82, 2.24) is 4.83 Å². The number of nitrogens with zero attached hydrogens (tertiary/aromatic N) is 1. The van der Waals surface area contributed by atoms with E-state index in [-0.39, 0.29) is 4.90 Å². The van der Waals surface area contributed by atoms with Gasteiger partial charge in [-0.15, -0.1) is 0 Å². The molecule has 1 aromatic carbocycles. The van der Waals surface area contributed by atoms with E-state index in [4.69, 9.17) is 0 Å². The summed E-state index contributed by atoms with van der Waals surface area (Å²) in [5.41, 5.74) is 1.87. The topological polar surface area (TPSA) is 58.5 Å². The van der Waals surface area contributed by atoms with E-state index < -0.39 is 10.0 Å². The zero-order valence-corrected chi connectivity index (χ0v) is 18.3. The number of rotatable bonds is 15. The summed E-state index contributed by atoms with van der Waals surface area (Å²) in [5.74, 6) is 0. The number of nitrogens with one attached hydrogen (secondary N) is 1. The predicted molar refractivity (Wildman–Crippen MR) is 116 cm³/mol. The lowest BCUT2D eigenvalue weighted by Gasteiger charge is -2.06. The minimum absolute atomic E-state index is 0.249. The fourth-order valence-corrected chi connectivity index (χ4v) is 3.88. The lowest BCUT2D eigenvalue weighted by atomic mass is 10.0. The van der Waals surface area contributed by atoms with Gasteiger partial charge < -0.3 is 0 Å². The molecule has 1 N–H and O–H groups in total. The molecule has 0 saturated heterocycles. The van der Waals surface area contributed by atoms with E-state index in [9.17, 15) is 8.42 Å². The highest BCUT2D eigenvalue weighted by molar-refractivity contribution is 7.89. The van der Waals surface area contributed by atoms with Crippen LogP contribution in [0.2, 0.25) is 0 Å². The summed E-state index contributed by atoms with van der Waals surface area (Å²) in [6.07, 6.45) is 15.2. The van der Waals surface area contributed by atoms with Gasteiger partial charge in [-0.1, -0.05) is 88.8 Å². The molecule has 0 aliphatic carbocycles. The average molecular weight is 395 g/mol. The van der Waals surface area contributed by atoms with E-state index >= 15 is 0 Å². The Morgan fingerprint density at radius 2 is 1.33 bits per heavy atom. The van der Waals surface area contributed by atoms with Crippen molar-refractivity contribution < 1.29 is 8.42 Å². The van der Waals surface area contributed by atoms with Crippen molar-refractivity contribution in [1.29, 1.82) is 0 Å². The van der Waals surface area contributed by atoms with Crippen LogP contribution in [0.4, 0.5) is 0 Å². The quantitative estimate of drug-likeness (QED) is 0.214. The first kappa shape index (κ1) is 23.7. The van der Waals surface area contributed by atoms with Gasteiger partial charge in [0.05, 0.1) is 4.90 Å². The summed E-state index contributed by atoms with van der Waals surface area (Å²) in [6.45, 7) is 6.07. The van der Waals surface area contributed by atoms with E-state index in [1.165, 1.54) is 64.2 Å². The number of benzene rings is 1. The van der Waals surface area contributed by atoms with Gasteiger partial charge in [-0.2, -0.15) is 13.5 Å². The minimum Gasteiger partial charge on any atom is -0.200 e. The maximum absolute atomic E-state index is 12.2. The Balaban J connectivity index is 2.12. The van der Waals surface area contributed by atoms with Crippen molar-refractivity contribution in [3.8, 4) is 0 Å². The number of hydrazone groups is 1. The second kappa shape index (κ2) is 13.8. The molecule has 0 spiro atoms. The molecule has 0 amide bonds. The average Bonchev–Trinajstić information content (AvgIpc) is 2.65. The van der Waals surface area contributed by atoms with Crippen molar-refractivity contribution in [3.63, 3.8) is 0 Å². The molecule has 1 aromatic rings. The van der Waals surface area contributed by atoms with Gasteiger partial charge >= 0.3 is 0 Å². The van der Waals surface area contributed by atoms with Crippen molar-refractivity contribution >= 4 is 15.7 Å². The molecule has 0 heterocycles. The lowest BCUT2D eigenvalue weighted by molar-refractivity contribution is 0.551. The van der Waals surface area contributed by atoms with Crippen molar-refractivity contribution in [2.45, 2.75) is 103 Å². The highest BCUT2D eigenvalue weighted by atomic mass is 32.2. The molecule has 154 valence electrons. The summed E-state index contributed by atoms with van der Waals surface area (Å²) in [7, 11) is -3.56. The Labute approximate surface area is 166 Å². The van der Waals surface area contributed by atoms with Crippen LogP contribution in [-0.4, -0.2) is 14.1 Å². The largest absolute Gasteiger partial charge is 0.276 e. The standard InChI is InChI=1S/C22H38N2O2S/c1-4-5-6-7-8-9-10-11-12-13-14-15-21(3)23-24-27(25,26)22-18-16-20(2)17-19-22/h16-19,24H,4-15H2,1-3H3/b23-21+. The Morgan fingerprint density at radius 3 is 1.85 bits per heavy atom. The first-order valence-electron chi connectivity index (χ1n) is 10.6. The van der Waals surface area contributed by atoms with Crippen molar-refractivity contribution in [2.75, 3.05) is 0 Å². The molecule has 0 saturated carbocycles. The molecule has 0 fully saturated rings. The zero-order valence-electron chi connectivity index (χ0n) is 17.5. The van der Waals surface area contributed by atoms with E-state index in [0.717, 1.165) is 24.1 Å². The SMILES string of the molecule is CCCCCCCCCCCCC/C(C)=N/NS(=O)(=O)c1ccc(C)cc1. The molecule has 0 bridgehead atoms. The first-order chi connectivity index (χ1) is 13.0. The van der Waals surface area contributed by atoms with Crippen molar-refractivity contribution in [2.24, 2.45) is 5.10 Å². The van der Waals surface area contributed by atoms with Gasteiger partial charge in [-0.3, -0.25) is 0 Å². The van der Waals surface area contributed by atoms with Crippen LogP contribution < -0.4 is 4.83 Å². The molecular formula is C22H38N2O2S. The third kappa shape index (κ3) is 11.2. The number of aryl methyl sites for hydroxylation is 1. The van der Waals surface area contributed by atoms with E-state index in [0.29, 0.717) is 0 Å². The van der Waals surface area contributed by atoms with Crippen LogP contribution in [0.3, 0.4) is 0 Å². The molecule has 0 atom stereocenters. The van der Waals surface area contributed by atoms with E-state index in [1.807, 2.05) is 13.8 Å². The Bertz CT molecular complexity index is 637. The number of unbranched alkanes of at least 4 members (excludes halogenated alkanes) is 10. The predicted octanol–water partition coefficient (Wildman–Crippen LogP) is 6.35. The van der Waals surface area contributed by atoms with Gasteiger partial charge in [-0.05, 0) is 38.8 Å². The van der Waals surface area contributed by atoms with Gasteiger partial charge in [0.15, 0.2) is 0 Å². The number of sulfonamides is 1. The Morgan fingerprint density at radius 1 is 0.852 bits per heavy atom. The maximum atomic E-state index is 12.2. The van der Waals surface area contributed by atoms with Gasteiger partial charge in [0.2, 0.25) is 0 Å². The number of hydrogen-bond donors (Lipinski definition) is 1. The summed E-state index contributed by atoms with van der Waals surface area (Å²) in [5, 5.41) is 4.06.